The molecule has 1 fully saturated rings. The molecule has 134 valence electrons. The van der Waals surface area contributed by atoms with Crippen LogP contribution in [-0.4, -0.2) is 33.7 Å². The van der Waals surface area contributed by atoms with Gasteiger partial charge in [0, 0.05) is 13.1 Å². The van der Waals surface area contributed by atoms with Crippen molar-refractivity contribution >= 4 is 17.0 Å². The van der Waals surface area contributed by atoms with Crippen LogP contribution in [0.15, 0.2) is 35.2 Å². The molecule has 4 nitrogen and oxygen atoms in total. The topological polar surface area (TPSA) is 46.6 Å². The quantitative estimate of drug-likeness (QED) is 0.667. The van der Waals surface area contributed by atoms with E-state index in [0.717, 1.165) is 43.4 Å². The lowest BCUT2D eigenvalue weighted by Crippen LogP contribution is -2.39. The molecule has 24 heavy (non-hydrogen) atoms. The highest BCUT2D eigenvalue weighted by atomic mass is 32.2. The Morgan fingerprint density at radius 2 is 1.92 bits per heavy atom. The van der Waals surface area contributed by atoms with Crippen LogP contribution in [0.3, 0.4) is 0 Å². The molecule has 1 aliphatic rings. The first-order valence-electron chi connectivity index (χ1n) is 9.08. The van der Waals surface area contributed by atoms with Gasteiger partial charge in [0.25, 0.3) is 0 Å². The molecule has 0 saturated carbocycles. The van der Waals surface area contributed by atoms with Crippen molar-refractivity contribution in [3.63, 3.8) is 0 Å². The number of unbranched alkanes of at least 4 members (excludes halogenated alkanes) is 1. The number of benzene rings is 1. The summed E-state index contributed by atoms with van der Waals surface area (Å²) in [6.45, 7) is 5.59. The van der Waals surface area contributed by atoms with Gasteiger partial charge in [0.05, 0.1) is 10.8 Å². The van der Waals surface area contributed by atoms with Crippen molar-refractivity contribution in [2.24, 2.45) is 5.92 Å². The van der Waals surface area contributed by atoms with Crippen LogP contribution >= 0.6 is 0 Å². The van der Waals surface area contributed by atoms with Gasteiger partial charge >= 0.3 is 5.97 Å². The van der Waals surface area contributed by atoms with Gasteiger partial charge in [-0.05, 0) is 37.8 Å². The van der Waals surface area contributed by atoms with Crippen LogP contribution in [0.4, 0.5) is 0 Å². The Hall–Kier alpha value is -1.20. The van der Waals surface area contributed by atoms with E-state index < -0.39 is 11.0 Å². The number of ether oxygens (including phenoxy) is 1. The number of piperidine rings is 1. The van der Waals surface area contributed by atoms with Gasteiger partial charge in [0.2, 0.25) is 0 Å². The zero-order valence-electron chi connectivity index (χ0n) is 14.8. The third-order valence-corrected chi connectivity index (χ3v) is 6.10. The predicted molar refractivity (Wildman–Crippen MR) is 96.8 cm³/mol. The predicted octanol–water partition coefficient (Wildman–Crippen LogP) is 3.93. The van der Waals surface area contributed by atoms with Crippen molar-refractivity contribution in [3.8, 4) is 0 Å². The second-order valence-electron chi connectivity index (χ2n) is 6.37. The molecule has 0 aliphatic carbocycles. The van der Waals surface area contributed by atoms with Crippen LogP contribution in [0, 0.1) is 5.92 Å². The van der Waals surface area contributed by atoms with E-state index in [0.29, 0.717) is 13.1 Å². The van der Waals surface area contributed by atoms with E-state index in [1.165, 1.54) is 0 Å². The number of rotatable bonds is 8. The average molecular weight is 352 g/mol. The first-order valence-corrected chi connectivity index (χ1v) is 10.2. The van der Waals surface area contributed by atoms with Gasteiger partial charge in [-0.3, -0.25) is 4.79 Å². The number of nitrogens with zero attached hydrogens (tertiary/aromatic N) is 1. The minimum atomic E-state index is -1.12. The molecule has 0 aromatic heterocycles. The fourth-order valence-electron chi connectivity index (χ4n) is 3.00. The molecule has 0 N–H and O–H groups in total. The van der Waals surface area contributed by atoms with Gasteiger partial charge in [-0.15, -0.1) is 0 Å². The van der Waals surface area contributed by atoms with E-state index in [2.05, 4.69) is 6.92 Å². The van der Waals surface area contributed by atoms with Crippen molar-refractivity contribution in [3.05, 3.63) is 30.3 Å². The van der Waals surface area contributed by atoms with Gasteiger partial charge in [-0.2, -0.15) is 0 Å². The zero-order valence-corrected chi connectivity index (χ0v) is 15.6. The monoisotopic (exact) mass is 351 g/mol. The van der Waals surface area contributed by atoms with E-state index in [1.54, 1.807) is 0 Å². The molecule has 1 aromatic carbocycles. The molecule has 5 heteroatoms. The van der Waals surface area contributed by atoms with Gasteiger partial charge < -0.3 is 4.74 Å². The number of esters is 1. The van der Waals surface area contributed by atoms with E-state index in [9.17, 15) is 9.00 Å². The molecular formula is C19H29NO3S. The summed E-state index contributed by atoms with van der Waals surface area (Å²) in [7, 11) is -1.12. The standard InChI is InChI=1S/C19H29NO3S/c1-3-5-9-16(4-2)19(21)23-17-12-14-20(15-13-17)24(22)18-10-7-6-8-11-18/h6-8,10-11,16-17H,3-5,9,12-15H2,1-2H3. The largest absolute Gasteiger partial charge is 0.462 e. The van der Waals surface area contributed by atoms with E-state index in [1.807, 2.05) is 41.6 Å². The number of carbonyl (C=O) groups excluding carboxylic acids is 1. The smallest absolute Gasteiger partial charge is 0.309 e. The maximum absolute atomic E-state index is 12.5. The number of hydrogen-bond donors (Lipinski definition) is 0. The van der Waals surface area contributed by atoms with Crippen LogP contribution in [0.5, 0.6) is 0 Å². The highest BCUT2D eigenvalue weighted by molar-refractivity contribution is 7.82. The molecule has 1 heterocycles. The summed E-state index contributed by atoms with van der Waals surface area (Å²) in [5.74, 6) is -0.0185. The van der Waals surface area contributed by atoms with Crippen molar-refractivity contribution in [2.45, 2.75) is 63.4 Å². The molecule has 2 unspecified atom stereocenters. The average Bonchev–Trinajstić information content (AvgIpc) is 2.63. The fourth-order valence-corrected chi connectivity index (χ4v) is 4.23. The van der Waals surface area contributed by atoms with Crippen LogP contribution in [0.25, 0.3) is 0 Å². The highest BCUT2D eigenvalue weighted by Gasteiger charge is 2.27. The number of carbonyl (C=O) groups is 1. The van der Waals surface area contributed by atoms with Crippen molar-refractivity contribution in [1.82, 2.24) is 4.31 Å². The van der Waals surface area contributed by atoms with Crippen LogP contribution in [0.2, 0.25) is 0 Å². The Balaban J connectivity index is 1.80. The summed E-state index contributed by atoms with van der Waals surface area (Å²) < 4.78 is 20.2. The highest BCUT2D eigenvalue weighted by Crippen LogP contribution is 2.22. The second kappa shape index (κ2) is 9.94. The Labute approximate surface area is 148 Å². The molecule has 1 saturated heterocycles. The van der Waals surface area contributed by atoms with Gasteiger partial charge in [-0.25, -0.2) is 8.51 Å². The van der Waals surface area contributed by atoms with Gasteiger partial charge in [-0.1, -0.05) is 44.9 Å². The maximum atomic E-state index is 12.5. The minimum absolute atomic E-state index is 0.0291. The molecule has 0 spiro atoms. The molecule has 0 amide bonds. The normalized spacial score (nSPS) is 18.9. The second-order valence-corrected chi connectivity index (χ2v) is 7.86. The Bertz CT molecular complexity index is 527. The lowest BCUT2D eigenvalue weighted by atomic mass is 9.99. The van der Waals surface area contributed by atoms with Crippen molar-refractivity contribution < 1.29 is 13.7 Å². The summed E-state index contributed by atoms with van der Waals surface area (Å²) in [5.41, 5.74) is 0. The Kier molecular flexibility index (Phi) is 7.92. The molecule has 1 aromatic rings. The summed E-state index contributed by atoms with van der Waals surface area (Å²) in [6, 6.07) is 9.52. The Morgan fingerprint density at radius 1 is 1.25 bits per heavy atom. The lowest BCUT2D eigenvalue weighted by Gasteiger charge is -2.31. The van der Waals surface area contributed by atoms with E-state index in [4.69, 9.17) is 4.74 Å². The van der Waals surface area contributed by atoms with Crippen molar-refractivity contribution in [1.29, 1.82) is 0 Å². The minimum Gasteiger partial charge on any atom is -0.462 e. The fraction of sp³-hybridized carbons (Fsp3) is 0.632. The summed E-state index contributed by atoms with van der Waals surface area (Å²) >= 11 is 0. The van der Waals surface area contributed by atoms with Crippen molar-refractivity contribution in [2.75, 3.05) is 13.1 Å². The summed E-state index contributed by atoms with van der Waals surface area (Å²) in [5, 5.41) is 0. The molecule has 0 bridgehead atoms. The van der Waals surface area contributed by atoms with Crippen LogP contribution in [-0.2, 0) is 20.5 Å². The van der Waals surface area contributed by atoms with E-state index >= 15 is 0 Å². The molecule has 2 atom stereocenters. The van der Waals surface area contributed by atoms with Gasteiger partial charge in [0.1, 0.15) is 17.1 Å². The zero-order chi connectivity index (χ0) is 17.4. The lowest BCUT2D eigenvalue weighted by molar-refractivity contribution is -0.156. The first-order chi connectivity index (χ1) is 11.7. The molecular weight excluding hydrogens is 322 g/mol. The van der Waals surface area contributed by atoms with Crippen LogP contribution < -0.4 is 0 Å². The summed E-state index contributed by atoms with van der Waals surface area (Å²) in [6.07, 6.45) is 5.43. The first kappa shape index (κ1) is 19.1. The molecule has 0 radical (unpaired) electrons. The Morgan fingerprint density at radius 3 is 2.50 bits per heavy atom. The maximum Gasteiger partial charge on any atom is 0.309 e. The number of hydrogen-bond acceptors (Lipinski definition) is 3. The van der Waals surface area contributed by atoms with E-state index in [-0.39, 0.29) is 18.0 Å². The van der Waals surface area contributed by atoms with Crippen LogP contribution in [0.1, 0.15) is 52.4 Å². The SMILES string of the molecule is CCCCC(CC)C(=O)OC1CCN(S(=O)c2ccccc2)CC1. The third kappa shape index (κ3) is 5.42. The van der Waals surface area contributed by atoms with Gasteiger partial charge in [0.15, 0.2) is 0 Å². The molecule has 2 rings (SSSR count). The molecule has 1 aliphatic heterocycles. The summed E-state index contributed by atoms with van der Waals surface area (Å²) in [4.78, 5) is 13.1. The third-order valence-electron chi connectivity index (χ3n) is 4.60.